The summed E-state index contributed by atoms with van der Waals surface area (Å²) >= 11 is 0. The van der Waals surface area contributed by atoms with Crippen molar-refractivity contribution in [1.29, 1.82) is 0 Å². The zero-order chi connectivity index (χ0) is 14.3. The van der Waals surface area contributed by atoms with Gasteiger partial charge in [-0.1, -0.05) is 72.8 Å². The molecule has 2 aromatic carbocycles. The molecule has 1 aliphatic rings. The quantitative estimate of drug-likeness (QED) is 0.806. The standard InChI is InChI=1S/C20H20O/c1-3-8-17(9-4-1)14-19-12-7-13-21-16-20(19)15-18-10-5-2-6-11-18/h1-12H,13-16H2. The molecule has 106 valence electrons. The minimum atomic E-state index is 0.705. The third kappa shape index (κ3) is 3.93. The predicted molar refractivity (Wildman–Crippen MR) is 87.3 cm³/mol. The average Bonchev–Trinajstić information content (AvgIpc) is 2.75. The van der Waals surface area contributed by atoms with E-state index in [1.165, 1.54) is 22.3 Å². The van der Waals surface area contributed by atoms with E-state index in [2.05, 4.69) is 72.8 Å². The van der Waals surface area contributed by atoms with Crippen LogP contribution in [0.25, 0.3) is 0 Å². The van der Waals surface area contributed by atoms with Crippen LogP contribution in [0.4, 0.5) is 0 Å². The third-order valence-electron chi connectivity index (χ3n) is 3.76. The molecule has 0 amide bonds. The van der Waals surface area contributed by atoms with Gasteiger partial charge in [0.1, 0.15) is 0 Å². The second kappa shape index (κ2) is 7.05. The smallest absolute Gasteiger partial charge is 0.0690 e. The third-order valence-corrected chi connectivity index (χ3v) is 3.76. The number of hydrogen-bond donors (Lipinski definition) is 0. The number of hydrogen-bond acceptors (Lipinski definition) is 1. The van der Waals surface area contributed by atoms with E-state index in [1.807, 2.05) is 0 Å². The molecule has 0 spiro atoms. The maximum Gasteiger partial charge on any atom is 0.0690 e. The number of ether oxygens (including phenoxy) is 1. The normalized spacial score (nSPS) is 15.0. The molecule has 0 atom stereocenters. The van der Waals surface area contributed by atoms with Gasteiger partial charge in [0.15, 0.2) is 0 Å². The van der Waals surface area contributed by atoms with Crippen LogP contribution in [0.3, 0.4) is 0 Å². The summed E-state index contributed by atoms with van der Waals surface area (Å²) < 4.78 is 5.70. The molecule has 1 nitrogen and oxygen atoms in total. The fourth-order valence-corrected chi connectivity index (χ4v) is 2.66. The lowest BCUT2D eigenvalue weighted by atomic mass is 9.95. The highest BCUT2D eigenvalue weighted by Gasteiger charge is 2.09. The van der Waals surface area contributed by atoms with Crippen LogP contribution in [-0.4, -0.2) is 13.2 Å². The second-order valence-corrected chi connectivity index (χ2v) is 5.37. The van der Waals surface area contributed by atoms with Gasteiger partial charge in [0, 0.05) is 0 Å². The molecule has 0 aliphatic carbocycles. The summed E-state index contributed by atoms with van der Waals surface area (Å²) in [7, 11) is 0. The molecule has 0 radical (unpaired) electrons. The van der Waals surface area contributed by atoms with Crippen molar-refractivity contribution in [3.63, 3.8) is 0 Å². The van der Waals surface area contributed by atoms with E-state index in [4.69, 9.17) is 4.74 Å². The first-order valence-electron chi connectivity index (χ1n) is 7.45. The Morgan fingerprint density at radius 1 is 0.762 bits per heavy atom. The fraction of sp³-hybridized carbons (Fsp3) is 0.200. The molecule has 0 aromatic heterocycles. The summed E-state index contributed by atoms with van der Waals surface area (Å²) in [6.07, 6.45) is 6.30. The average molecular weight is 276 g/mol. The lowest BCUT2D eigenvalue weighted by Gasteiger charge is -2.12. The Balaban J connectivity index is 1.86. The van der Waals surface area contributed by atoms with Crippen molar-refractivity contribution in [2.75, 3.05) is 13.2 Å². The molecule has 0 bridgehead atoms. The number of rotatable bonds is 4. The van der Waals surface area contributed by atoms with E-state index < -0.39 is 0 Å². The highest BCUT2D eigenvalue weighted by molar-refractivity contribution is 5.36. The Morgan fingerprint density at radius 3 is 2.05 bits per heavy atom. The van der Waals surface area contributed by atoms with Gasteiger partial charge < -0.3 is 4.74 Å². The van der Waals surface area contributed by atoms with Gasteiger partial charge in [0.2, 0.25) is 0 Å². The number of benzene rings is 2. The van der Waals surface area contributed by atoms with Crippen molar-refractivity contribution in [3.05, 3.63) is 95.1 Å². The van der Waals surface area contributed by atoms with Gasteiger partial charge in [-0.2, -0.15) is 0 Å². The number of allylic oxidation sites excluding steroid dienone is 2. The maximum absolute atomic E-state index is 5.70. The molecular formula is C20H20O. The molecular weight excluding hydrogens is 256 g/mol. The lowest BCUT2D eigenvalue weighted by Crippen LogP contribution is -2.04. The summed E-state index contributed by atoms with van der Waals surface area (Å²) in [5.41, 5.74) is 5.47. The SMILES string of the molecule is C1=CC(Cc2ccccc2)=C(Cc2ccccc2)COC1. The van der Waals surface area contributed by atoms with Crippen LogP contribution in [-0.2, 0) is 17.6 Å². The van der Waals surface area contributed by atoms with Crippen molar-refractivity contribution < 1.29 is 4.74 Å². The van der Waals surface area contributed by atoms with E-state index in [-0.39, 0.29) is 0 Å². The van der Waals surface area contributed by atoms with Crippen LogP contribution in [0, 0.1) is 0 Å². The molecule has 0 saturated heterocycles. The Morgan fingerprint density at radius 2 is 1.38 bits per heavy atom. The van der Waals surface area contributed by atoms with E-state index in [0.717, 1.165) is 19.4 Å². The van der Waals surface area contributed by atoms with Crippen molar-refractivity contribution in [2.24, 2.45) is 0 Å². The fourth-order valence-electron chi connectivity index (χ4n) is 2.66. The van der Waals surface area contributed by atoms with E-state index in [9.17, 15) is 0 Å². The first kappa shape index (κ1) is 13.8. The summed E-state index contributed by atoms with van der Waals surface area (Å²) in [6.45, 7) is 1.43. The van der Waals surface area contributed by atoms with Gasteiger partial charge in [-0.05, 0) is 35.1 Å². The zero-order valence-corrected chi connectivity index (χ0v) is 12.2. The Hall–Kier alpha value is -2.12. The van der Waals surface area contributed by atoms with E-state index in [0.29, 0.717) is 6.61 Å². The van der Waals surface area contributed by atoms with Gasteiger partial charge >= 0.3 is 0 Å². The first-order valence-corrected chi connectivity index (χ1v) is 7.45. The molecule has 3 rings (SSSR count). The predicted octanol–water partition coefficient (Wildman–Crippen LogP) is 4.35. The van der Waals surface area contributed by atoms with Crippen LogP contribution in [0.5, 0.6) is 0 Å². The molecule has 0 N–H and O–H groups in total. The van der Waals surface area contributed by atoms with Crippen LogP contribution < -0.4 is 0 Å². The maximum atomic E-state index is 5.70. The van der Waals surface area contributed by atoms with Crippen molar-refractivity contribution in [3.8, 4) is 0 Å². The molecule has 1 heteroatoms. The van der Waals surface area contributed by atoms with Crippen molar-refractivity contribution >= 4 is 0 Å². The summed E-state index contributed by atoms with van der Waals surface area (Å²) in [5, 5.41) is 0. The zero-order valence-electron chi connectivity index (χ0n) is 12.2. The van der Waals surface area contributed by atoms with Crippen LogP contribution >= 0.6 is 0 Å². The van der Waals surface area contributed by atoms with E-state index in [1.54, 1.807) is 0 Å². The van der Waals surface area contributed by atoms with Gasteiger partial charge in [0.25, 0.3) is 0 Å². The summed E-state index contributed by atoms with van der Waals surface area (Å²) in [4.78, 5) is 0. The first-order chi connectivity index (χ1) is 10.4. The van der Waals surface area contributed by atoms with Crippen LogP contribution in [0.15, 0.2) is 84.0 Å². The Kier molecular flexibility index (Phi) is 4.65. The largest absolute Gasteiger partial charge is 0.373 e. The van der Waals surface area contributed by atoms with E-state index >= 15 is 0 Å². The van der Waals surface area contributed by atoms with Gasteiger partial charge in [-0.3, -0.25) is 0 Å². The van der Waals surface area contributed by atoms with Gasteiger partial charge in [-0.25, -0.2) is 0 Å². The van der Waals surface area contributed by atoms with Gasteiger partial charge in [-0.15, -0.1) is 0 Å². The lowest BCUT2D eigenvalue weighted by molar-refractivity contribution is 0.186. The molecule has 1 heterocycles. The minimum absolute atomic E-state index is 0.705. The highest BCUT2D eigenvalue weighted by atomic mass is 16.5. The molecule has 0 unspecified atom stereocenters. The summed E-state index contributed by atoms with van der Waals surface area (Å²) in [5.74, 6) is 0. The molecule has 2 aromatic rings. The highest BCUT2D eigenvalue weighted by Crippen LogP contribution is 2.20. The minimum Gasteiger partial charge on any atom is -0.373 e. The molecule has 21 heavy (non-hydrogen) atoms. The summed E-state index contributed by atoms with van der Waals surface area (Å²) in [6, 6.07) is 21.3. The molecule has 0 fully saturated rings. The van der Waals surface area contributed by atoms with Crippen molar-refractivity contribution in [2.45, 2.75) is 12.8 Å². The van der Waals surface area contributed by atoms with Crippen LogP contribution in [0.2, 0.25) is 0 Å². The molecule has 0 saturated carbocycles. The van der Waals surface area contributed by atoms with Crippen molar-refractivity contribution in [1.82, 2.24) is 0 Å². The Bertz CT molecular complexity index is 623. The Labute approximate surface area is 126 Å². The van der Waals surface area contributed by atoms with Crippen LogP contribution in [0.1, 0.15) is 11.1 Å². The monoisotopic (exact) mass is 276 g/mol. The second-order valence-electron chi connectivity index (χ2n) is 5.37. The molecule has 1 aliphatic heterocycles. The van der Waals surface area contributed by atoms with Gasteiger partial charge in [0.05, 0.1) is 13.2 Å². The topological polar surface area (TPSA) is 9.23 Å².